The fourth-order valence-corrected chi connectivity index (χ4v) is 8.09. The Bertz CT molecular complexity index is 3090. The van der Waals surface area contributed by atoms with Gasteiger partial charge in [0.15, 0.2) is 5.65 Å². The van der Waals surface area contributed by atoms with E-state index in [1.807, 2.05) is 0 Å². The predicted molar refractivity (Wildman–Crippen MR) is 204 cm³/mol. The quantitative estimate of drug-likeness (QED) is 0.180. The molecule has 11 aromatic rings. The first kappa shape index (κ1) is 26.4. The summed E-state index contributed by atoms with van der Waals surface area (Å²) < 4.78 is 7.08. The Morgan fingerprint density at radius 3 is 1.51 bits per heavy atom. The fraction of sp³-hybridized carbons (Fsp3) is 0. The monoisotopic (exact) mass is 624 g/mol. The lowest BCUT2D eigenvalue weighted by atomic mass is 10.0. The van der Waals surface area contributed by atoms with Gasteiger partial charge in [-0.2, -0.15) is 0 Å². The molecule has 0 radical (unpaired) electrons. The molecule has 49 heavy (non-hydrogen) atoms. The van der Waals surface area contributed by atoms with Gasteiger partial charge in [-0.05, 0) is 77.2 Å². The Morgan fingerprint density at radius 1 is 0.327 bits per heavy atom. The van der Waals surface area contributed by atoms with Gasteiger partial charge in [-0.25, -0.2) is 4.98 Å². The van der Waals surface area contributed by atoms with Gasteiger partial charge in [0, 0.05) is 38.3 Å². The zero-order valence-electron chi connectivity index (χ0n) is 26.5. The Kier molecular flexibility index (Phi) is 5.35. The Labute approximate surface area is 281 Å². The van der Waals surface area contributed by atoms with Crippen LogP contribution in [0, 0.1) is 0 Å². The summed E-state index contributed by atoms with van der Waals surface area (Å²) in [5.74, 6) is 0. The van der Waals surface area contributed by atoms with Crippen molar-refractivity contribution in [1.82, 2.24) is 18.5 Å². The first-order valence-electron chi connectivity index (χ1n) is 16.7. The first-order chi connectivity index (χ1) is 24.3. The van der Waals surface area contributed by atoms with E-state index in [1.165, 1.54) is 54.8 Å². The molecule has 0 atom stereocenters. The second-order valence-electron chi connectivity index (χ2n) is 12.8. The van der Waals surface area contributed by atoms with Crippen LogP contribution in [-0.4, -0.2) is 18.5 Å². The normalized spacial score (nSPS) is 12.1. The number of pyridine rings is 1. The lowest BCUT2D eigenvalue weighted by Gasteiger charge is -2.10. The van der Waals surface area contributed by atoms with Crippen molar-refractivity contribution in [1.29, 1.82) is 0 Å². The third kappa shape index (κ3) is 3.66. The van der Waals surface area contributed by atoms with Gasteiger partial charge in [0.25, 0.3) is 0 Å². The summed E-state index contributed by atoms with van der Waals surface area (Å²) in [6, 6.07) is 61.1. The molecule has 0 aliphatic heterocycles. The molecule has 4 nitrogen and oxygen atoms in total. The number of fused-ring (bicyclic) bond motifs is 13. The van der Waals surface area contributed by atoms with Crippen LogP contribution in [0.5, 0.6) is 0 Å². The molecule has 0 saturated carbocycles. The lowest BCUT2D eigenvalue weighted by Crippen LogP contribution is -1.94. The predicted octanol–water partition coefficient (Wildman–Crippen LogP) is 11.5. The van der Waals surface area contributed by atoms with Gasteiger partial charge in [-0.1, -0.05) is 109 Å². The Morgan fingerprint density at radius 2 is 0.816 bits per heavy atom. The Hall–Kier alpha value is -6.65. The van der Waals surface area contributed by atoms with E-state index in [0.717, 1.165) is 38.9 Å². The minimum Gasteiger partial charge on any atom is -0.309 e. The van der Waals surface area contributed by atoms with Crippen molar-refractivity contribution < 1.29 is 0 Å². The van der Waals surface area contributed by atoms with Crippen molar-refractivity contribution >= 4 is 71.2 Å². The van der Waals surface area contributed by atoms with E-state index in [2.05, 4.69) is 183 Å². The molecule has 0 unspecified atom stereocenters. The second kappa shape index (κ2) is 9.93. The molecular formula is C45H28N4. The van der Waals surface area contributed by atoms with Crippen molar-refractivity contribution in [3.63, 3.8) is 0 Å². The van der Waals surface area contributed by atoms with Crippen LogP contribution in [-0.2, 0) is 0 Å². The van der Waals surface area contributed by atoms with Crippen molar-refractivity contribution in [2.75, 3.05) is 0 Å². The molecule has 0 saturated heterocycles. The van der Waals surface area contributed by atoms with Gasteiger partial charge in [-0.15, -0.1) is 0 Å². The smallest absolute Gasteiger partial charge is 0.165 e. The number of para-hydroxylation sites is 4. The van der Waals surface area contributed by atoms with E-state index in [9.17, 15) is 0 Å². The van der Waals surface area contributed by atoms with Gasteiger partial charge in [-0.3, -0.25) is 8.97 Å². The van der Waals surface area contributed by atoms with Crippen LogP contribution in [0.2, 0.25) is 0 Å². The molecule has 0 bridgehead atoms. The zero-order chi connectivity index (χ0) is 32.1. The third-order valence-corrected chi connectivity index (χ3v) is 10.2. The standard InChI is InChI=1S/C45H28N4/c1-3-13-31(14-4-1)47-39-21-11-10-19-35(39)37-27-29(23-25-41(37)47)30-24-26-42-38(28-30)43-45(48(42)32-15-5-2-6-16-32)46-44-36-20-8-7-17-33(36)34-18-9-12-22-40(34)49(43)44/h1-28H. The number of hydrogen-bond donors (Lipinski definition) is 0. The maximum absolute atomic E-state index is 5.44. The summed E-state index contributed by atoms with van der Waals surface area (Å²) in [5, 5.41) is 7.27. The number of hydrogen-bond acceptors (Lipinski definition) is 1. The fourth-order valence-electron chi connectivity index (χ4n) is 8.09. The van der Waals surface area contributed by atoms with E-state index in [0.29, 0.717) is 0 Å². The average molecular weight is 625 g/mol. The van der Waals surface area contributed by atoms with Crippen molar-refractivity contribution in [2.24, 2.45) is 0 Å². The van der Waals surface area contributed by atoms with Crippen molar-refractivity contribution in [3.05, 3.63) is 170 Å². The molecule has 0 aliphatic rings. The SMILES string of the molecule is c1ccc(-n2c3ccccc3c3cc(-c4ccc5c(c4)c4c(nc6c7ccccc7c7ccccc7n64)n5-c4ccccc4)ccc32)cc1. The van der Waals surface area contributed by atoms with Gasteiger partial charge in [0.05, 0.1) is 22.1 Å². The minimum absolute atomic E-state index is 0.959. The molecule has 4 aromatic heterocycles. The zero-order valence-corrected chi connectivity index (χ0v) is 26.5. The first-order valence-corrected chi connectivity index (χ1v) is 16.7. The summed E-state index contributed by atoms with van der Waals surface area (Å²) >= 11 is 0. The van der Waals surface area contributed by atoms with Crippen molar-refractivity contribution in [2.45, 2.75) is 0 Å². The van der Waals surface area contributed by atoms with Gasteiger partial charge in [0.1, 0.15) is 11.2 Å². The highest BCUT2D eigenvalue weighted by atomic mass is 15.1. The maximum Gasteiger partial charge on any atom is 0.165 e. The molecule has 7 aromatic carbocycles. The molecule has 228 valence electrons. The molecule has 0 N–H and O–H groups in total. The molecule has 0 amide bonds. The second-order valence-corrected chi connectivity index (χ2v) is 12.8. The van der Waals surface area contributed by atoms with Crippen LogP contribution >= 0.6 is 0 Å². The van der Waals surface area contributed by atoms with E-state index >= 15 is 0 Å². The van der Waals surface area contributed by atoms with Crippen LogP contribution in [0.15, 0.2) is 170 Å². The largest absolute Gasteiger partial charge is 0.309 e. The number of nitrogens with zero attached hydrogens (tertiary/aromatic N) is 4. The third-order valence-electron chi connectivity index (χ3n) is 10.2. The van der Waals surface area contributed by atoms with Crippen LogP contribution in [0.25, 0.3) is 93.7 Å². The summed E-state index contributed by atoms with van der Waals surface area (Å²) in [6.07, 6.45) is 0. The number of benzene rings is 7. The summed E-state index contributed by atoms with van der Waals surface area (Å²) in [5.41, 5.74) is 12.4. The topological polar surface area (TPSA) is 27.2 Å². The highest BCUT2D eigenvalue weighted by Crippen LogP contribution is 2.40. The minimum atomic E-state index is 0.959. The lowest BCUT2D eigenvalue weighted by molar-refractivity contribution is 1.15. The number of aromatic nitrogens is 4. The molecule has 0 fully saturated rings. The maximum atomic E-state index is 5.44. The summed E-state index contributed by atoms with van der Waals surface area (Å²) in [7, 11) is 0. The van der Waals surface area contributed by atoms with E-state index < -0.39 is 0 Å². The molecular weight excluding hydrogens is 597 g/mol. The van der Waals surface area contributed by atoms with Crippen LogP contribution in [0.1, 0.15) is 0 Å². The van der Waals surface area contributed by atoms with Crippen LogP contribution in [0.4, 0.5) is 0 Å². The van der Waals surface area contributed by atoms with Gasteiger partial charge in [0.2, 0.25) is 0 Å². The highest BCUT2D eigenvalue weighted by Gasteiger charge is 2.22. The van der Waals surface area contributed by atoms with E-state index in [-0.39, 0.29) is 0 Å². The molecule has 4 heteroatoms. The van der Waals surface area contributed by atoms with Gasteiger partial charge >= 0.3 is 0 Å². The molecule has 0 spiro atoms. The van der Waals surface area contributed by atoms with Crippen LogP contribution < -0.4 is 0 Å². The average Bonchev–Trinajstić information content (AvgIpc) is 3.82. The van der Waals surface area contributed by atoms with Gasteiger partial charge < -0.3 is 4.57 Å². The highest BCUT2D eigenvalue weighted by molar-refractivity contribution is 6.18. The molecule has 4 heterocycles. The number of rotatable bonds is 3. The summed E-state index contributed by atoms with van der Waals surface area (Å²) in [4.78, 5) is 5.44. The van der Waals surface area contributed by atoms with E-state index in [4.69, 9.17) is 4.98 Å². The molecule has 0 aliphatic carbocycles. The Balaban J connectivity index is 1.24. The van der Waals surface area contributed by atoms with Crippen molar-refractivity contribution in [3.8, 4) is 22.5 Å². The van der Waals surface area contributed by atoms with E-state index in [1.54, 1.807) is 0 Å². The number of imidazole rings is 1. The molecule has 11 rings (SSSR count). The summed E-state index contributed by atoms with van der Waals surface area (Å²) in [6.45, 7) is 0. The van der Waals surface area contributed by atoms with Crippen LogP contribution in [0.3, 0.4) is 0 Å².